The van der Waals surface area contributed by atoms with Crippen LogP contribution in [0.15, 0.2) is 18.2 Å². The number of amides is 1. The maximum absolute atomic E-state index is 13.0. The summed E-state index contributed by atoms with van der Waals surface area (Å²) in [4.78, 5) is 26.9. The van der Waals surface area contributed by atoms with Gasteiger partial charge in [0.2, 0.25) is 0 Å². The maximum Gasteiger partial charge on any atom is 0.328 e. The number of fused-ring (bicyclic) bond motifs is 1. The zero-order chi connectivity index (χ0) is 16.6. The SMILES string of the molecule is COC(=O)[C@@H]1C[C@H]2CCCC[C@H]2N1C(=O)c1cc(Cl)cc(Cl)c1. The number of ether oxygens (including phenoxy) is 1. The zero-order valence-electron chi connectivity index (χ0n) is 12.9. The Bertz CT molecular complexity index is 614. The summed E-state index contributed by atoms with van der Waals surface area (Å²) < 4.78 is 4.92. The smallest absolute Gasteiger partial charge is 0.328 e. The first kappa shape index (κ1) is 16.6. The molecule has 1 saturated heterocycles. The van der Waals surface area contributed by atoms with E-state index in [9.17, 15) is 9.59 Å². The van der Waals surface area contributed by atoms with Crippen LogP contribution in [0.1, 0.15) is 42.5 Å². The van der Waals surface area contributed by atoms with Crippen LogP contribution in [0.5, 0.6) is 0 Å². The second-order valence-electron chi connectivity index (χ2n) is 6.26. The van der Waals surface area contributed by atoms with Crippen molar-refractivity contribution in [1.82, 2.24) is 4.90 Å². The fourth-order valence-corrected chi connectivity index (χ4v) is 4.45. The molecule has 1 aromatic rings. The highest BCUT2D eigenvalue weighted by molar-refractivity contribution is 6.35. The van der Waals surface area contributed by atoms with Gasteiger partial charge in [0.05, 0.1) is 7.11 Å². The van der Waals surface area contributed by atoms with Gasteiger partial charge in [0, 0.05) is 21.7 Å². The molecular formula is C17H19Cl2NO3. The molecule has 124 valence electrons. The van der Waals surface area contributed by atoms with E-state index in [1.165, 1.54) is 7.11 Å². The van der Waals surface area contributed by atoms with Crippen molar-refractivity contribution in [3.63, 3.8) is 0 Å². The summed E-state index contributed by atoms with van der Waals surface area (Å²) in [5.41, 5.74) is 0.419. The first-order chi connectivity index (χ1) is 11.0. The average Bonchev–Trinajstić information content (AvgIpc) is 2.91. The largest absolute Gasteiger partial charge is 0.467 e. The third-order valence-corrected chi connectivity index (χ3v) is 5.34. The molecule has 1 heterocycles. The van der Waals surface area contributed by atoms with Crippen LogP contribution in [-0.2, 0) is 9.53 Å². The van der Waals surface area contributed by atoms with Gasteiger partial charge in [-0.1, -0.05) is 36.0 Å². The zero-order valence-corrected chi connectivity index (χ0v) is 14.4. The Balaban J connectivity index is 1.95. The molecule has 1 aliphatic carbocycles. The number of nitrogens with zero attached hydrogens (tertiary/aromatic N) is 1. The second kappa shape index (κ2) is 6.70. The normalized spacial score (nSPS) is 26.7. The van der Waals surface area contributed by atoms with Crippen LogP contribution in [-0.4, -0.2) is 36.0 Å². The average molecular weight is 356 g/mol. The Morgan fingerprint density at radius 2 is 1.78 bits per heavy atom. The summed E-state index contributed by atoms with van der Waals surface area (Å²) in [5, 5.41) is 0.824. The summed E-state index contributed by atoms with van der Waals surface area (Å²) in [6.07, 6.45) is 4.89. The van der Waals surface area contributed by atoms with Gasteiger partial charge >= 0.3 is 5.97 Å². The van der Waals surface area contributed by atoms with E-state index < -0.39 is 6.04 Å². The van der Waals surface area contributed by atoms with E-state index in [1.807, 2.05) is 0 Å². The van der Waals surface area contributed by atoms with Crippen LogP contribution in [0.4, 0.5) is 0 Å². The Morgan fingerprint density at radius 1 is 1.13 bits per heavy atom. The number of hydrogen-bond donors (Lipinski definition) is 0. The third-order valence-electron chi connectivity index (χ3n) is 4.91. The minimum absolute atomic E-state index is 0.0955. The number of benzene rings is 1. The minimum Gasteiger partial charge on any atom is -0.467 e. The van der Waals surface area contributed by atoms with E-state index in [0.717, 1.165) is 25.7 Å². The molecule has 2 aliphatic rings. The van der Waals surface area contributed by atoms with Crippen LogP contribution in [0, 0.1) is 5.92 Å². The quantitative estimate of drug-likeness (QED) is 0.754. The topological polar surface area (TPSA) is 46.6 Å². The summed E-state index contributed by atoms with van der Waals surface area (Å²) in [5.74, 6) is -0.175. The lowest BCUT2D eigenvalue weighted by molar-refractivity contribution is -0.145. The maximum atomic E-state index is 13.0. The number of rotatable bonds is 2. The van der Waals surface area contributed by atoms with Crippen LogP contribution in [0.25, 0.3) is 0 Å². The van der Waals surface area contributed by atoms with E-state index in [1.54, 1.807) is 23.1 Å². The fraction of sp³-hybridized carbons (Fsp3) is 0.529. The van der Waals surface area contributed by atoms with Crippen molar-refractivity contribution in [1.29, 1.82) is 0 Å². The van der Waals surface area contributed by atoms with Gasteiger partial charge in [-0.05, 0) is 43.4 Å². The highest BCUT2D eigenvalue weighted by Crippen LogP contribution is 2.41. The van der Waals surface area contributed by atoms with Crippen molar-refractivity contribution < 1.29 is 14.3 Å². The molecule has 6 heteroatoms. The number of carbonyl (C=O) groups excluding carboxylic acids is 2. The third kappa shape index (κ3) is 3.20. The van der Waals surface area contributed by atoms with Gasteiger partial charge in [-0.2, -0.15) is 0 Å². The molecule has 3 rings (SSSR count). The molecule has 2 fully saturated rings. The summed E-state index contributed by atoms with van der Waals surface area (Å²) >= 11 is 12.0. The number of carbonyl (C=O) groups is 2. The number of likely N-dealkylation sites (tertiary alicyclic amines) is 1. The van der Waals surface area contributed by atoms with Gasteiger partial charge in [-0.25, -0.2) is 4.79 Å². The predicted molar refractivity (Wildman–Crippen MR) is 88.8 cm³/mol. The van der Waals surface area contributed by atoms with Gasteiger partial charge in [-0.15, -0.1) is 0 Å². The van der Waals surface area contributed by atoms with E-state index in [-0.39, 0.29) is 17.9 Å². The summed E-state index contributed by atoms with van der Waals surface area (Å²) in [7, 11) is 1.36. The van der Waals surface area contributed by atoms with Crippen LogP contribution >= 0.6 is 23.2 Å². The van der Waals surface area contributed by atoms with Crippen molar-refractivity contribution >= 4 is 35.1 Å². The van der Waals surface area contributed by atoms with Crippen molar-refractivity contribution in [2.75, 3.05) is 7.11 Å². The molecule has 1 aliphatic heterocycles. The first-order valence-electron chi connectivity index (χ1n) is 7.88. The highest BCUT2D eigenvalue weighted by atomic mass is 35.5. The molecule has 1 aromatic carbocycles. The minimum atomic E-state index is -0.515. The first-order valence-corrected chi connectivity index (χ1v) is 8.63. The van der Waals surface area contributed by atoms with Gasteiger partial charge in [0.15, 0.2) is 0 Å². The molecule has 4 nitrogen and oxygen atoms in total. The molecular weight excluding hydrogens is 337 g/mol. The Morgan fingerprint density at radius 3 is 2.43 bits per heavy atom. The van der Waals surface area contributed by atoms with Crippen molar-refractivity contribution in [3.05, 3.63) is 33.8 Å². The van der Waals surface area contributed by atoms with Gasteiger partial charge in [-0.3, -0.25) is 4.79 Å². The Labute approximate surface area is 145 Å². The van der Waals surface area contributed by atoms with E-state index in [0.29, 0.717) is 27.9 Å². The van der Waals surface area contributed by atoms with Crippen LogP contribution in [0.3, 0.4) is 0 Å². The fourth-order valence-electron chi connectivity index (χ4n) is 3.93. The van der Waals surface area contributed by atoms with Crippen LogP contribution < -0.4 is 0 Å². The molecule has 1 amide bonds. The van der Waals surface area contributed by atoms with Crippen molar-refractivity contribution in [2.24, 2.45) is 5.92 Å². The van der Waals surface area contributed by atoms with Crippen molar-refractivity contribution in [3.8, 4) is 0 Å². The van der Waals surface area contributed by atoms with Gasteiger partial charge < -0.3 is 9.64 Å². The lowest BCUT2D eigenvalue weighted by Gasteiger charge is -2.33. The predicted octanol–water partition coefficient (Wildman–Crippen LogP) is 3.94. The highest BCUT2D eigenvalue weighted by Gasteiger charge is 2.48. The Kier molecular flexibility index (Phi) is 4.83. The standard InChI is InChI=1S/C17H19Cl2NO3/c1-23-17(22)15-8-10-4-2-3-5-14(10)20(15)16(21)11-6-12(18)9-13(19)7-11/h6-7,9-10,14-15H,2-5,8H2,1H3/t10-,14-,15+/m1/s1. The summed E-state index contributed by atoms with van der Waals surface area (Å²) in [6, 6.07) is 4.36. The lowest BCUT2D eigenvalue weighted by atomic mass is 9.84. The number of esters is 1. The number of hydrogen-bond acceptors (Lipinski definition) is 3. The van der Waals surface area contributed by atoms with Crippen molar-refractivity contribution in [2.45, 2.75) is 44.2 Å². The molecule has 0 spiro atoms. The molecule has 3 atom stereocenters. The molecule has 0 N–H and O–H groups in total. The van der Waals surface area contributed by atoms with Crippen LogP contribution in [0.2, 0.25) is 10.0 Å². The second-order valence-corrected chi connectivity index (χ2v) is 7.13. The summed E-state index contributed by atoms with van der Waals surface area (Å²) in [6.45, 7) is 0. The molecule has 0 bridgehead atoms. The Hall–Kier alpha value is -1.26. The molecule has 0 aromatic heterocycles. The molecule has 1 saturated carbocycles. The molecule has 0 radical (unpaired) electrons. The molecule has 0 unspecified atom stereocenters. The van der Waals surface area contributed by atoms with E-state index >= 15 is 0 Å². The van der Waals surface area contributed by atoms with Gasteiger partial charge in [0.25, 0.3) is 5.91 Å². The van der Waals surface area contributed by atoms with Gasteiger partial charge in [0.1, 0.15) is 6.04 Å². The molecule has 23 heavy (non-hydrogen) atoms. The number of halogens is 2. The van der Waals surface area contributed by atoms with E-state index in [4.69, 9.17) is 27.9 Å². The number of methoxy groups -OCH3 is 1. The monoisotopic (exact) mass is 355 g/mol. The van der Waals surface area contributed by atoms with E-state index in [2.05, 4.69) is 0 Å². The lowest BCUT2D eigenvalue weighted by Crippen LogP contribution is -2.46.